The van der Waals surface area contributed by atoms with Gasteiger partial charge in [-0.25, -0.2) is 0 Å². The first-order chi connectivity index (χ1) is 8.39. The van der Waals surface area contributed by atoms with Crippen LogP contribution in [0.15, 0.2) is 4.52 Å². The molecule has 0 aliphatic heterocycles. The van der Waals surface area contributed by atoms with Gasteiger partial charge in [-0.1, -0.05) is 19.0 Å². The molecule has 102 valence electrons. The van der Waals surface area contributed by atoms with Gasteiger partial charge in [0.1, 0.15) is 0 Å². The second-order valence-corrected chi connectivity index (χ2v) is 6.22. The molecule has 0 unspecified atom stereocenters. The molecule has 0 bridgehead atoms. The summed E-state index contributed by atoms with van der Waals surface area (Å²) in [7, 11) is 0. The first kappa shape index (κ1) is 13.5. The van der Waals surface area contributed by atoms with Crippen LogP contribution in [-0.2, 0) is 6.54 Å². The number of nitrogens with zero attached hydrogens (tertiary/aromatic N) is 2. The van der Waals surface area contributed by atoms with Crippen LogP contribution in [0.25, 0.3) is 0 Å². The summed E-state index contributed by atoms with van der Waals surface area (Å²) in [6.07, 6.45) is 3.87. The molecule has 1 aliphatic carbocycles. The molecular formula is C13H23N3O2. The lowest BCUT2D eigenvalue weighted by molar-refractivity contribution is -0.0246. The summed E-state index contributed by atoms with van der Waals surface area (Å²) in [4.78, 5) is 4.12. The third kappa shape index (κ3) is 3.53. The van der Waals surface area contributed by atoms with Gasteiger partial charge < -0.3 is 14.9 Å². The smallest absolute Gasteiger partial charge is 0.223 e. The SMILES string of the molecule is Cc1nc(CNCC2(O)CCC(C)(C)CC2)no1. The molecule has 0 saturated heterocycles. The van der Waals surface area contributed by atoms with Gasteiger partial charge in [0.25, 0.3) is 0 Å². The molecule has 5 nitrogen and oxygen atoms in total. The van der Waals surface area contributed by atoms with Gasteiger partial charge in [0.15, 0.2) is 5.82 Å². The van der Waals surface area contributed by atoms with Crippen molar-refractivity contribution in [3.8, 4) is 0 Å². The third-order valence-corrected chi connectivity index (χ3v) is 3.84. The molecular weight excluding hydrogens is 230 g/mol. The molecule has 1 saturated carbocycles. The number of aryl methyl sites for hydroxylation is 1. The largest absolute Gasteiger partial charge is 0.389 e. The maximum absolute atomic E-state index is 10.5. The van der Waals surface area contributed by atoms with Gasteiger partial charge in [-0.05, 0) is 31.1 Å². The zero-order valence-corrected chi connectivity index (χ0v) is 11.5. The van der Waals surface area contributed by atoms with Gasteiger partial charge in [0.05, 0.1) is 12.1 Å². The summed E-state index contributed by atoms with van der Waals surface area (Å²) in [5.41, 5.74) is -0.203. The van der Waals surface area contributed by atoms with Crippen LogP contribution in [0.3, 0.4) is 0 Å². The van der Waals surface area contributed by atoms with Crippen LogP contribution in [0.1, 0.15) is 51.2 Å². The second-order valence-electron chi connectivity index (χ2n) is 6.22. The molecule has 0 spiro atoms. The highest BCUT2D eigenvalue weighted by atomic mass is 16.5. The Bertz CT molecular complexity index is 391. The van der Waals surface area contributed by atoms with Crippen LogP contribution in [0, 0.1) is 12.3 Å². The van der Waals surface area contributed by atoms with E-state index in [1.807, 2.05) is 0 Å². The van der Waals surface area contributed by atoms with Gasteiger partial charge in [0.2, 0.25) is 5.89 Å². The first-order valence-corrected chi connectivity index (χ1v) is 6.61. The highest BCUT2D eigenvalue weighted by Gasteiger charge is 2.36. The molecule has 0 amide bonds. The van der Waals surface area contributed by atoms with E-state index >= 15 is 0 Å². The van der Waals surface area contributed by atoms with E-state index in [1.165, 1.54) is 0 Å². The topological polar surface area (TPSA) is 71.2 Å². The maximum Gasteiger partial charge on any atom is 0.223 e. The molecule has 0 radical (unpaired) electrons. The van der Waals surface area contributed by atoms with Gasteiger partial charge >= 0.3 is 0 Å². The molecule has 18 heavy (non-hydrogen) atoms. The van der Waals surface area contributed by atoms with E-state index in [0.29, 0.717) is 30.2 Å². The molecule has 1 heterocycles. The normalized spacial score (nSPS) is 22.0. The van der Waals surface area contributed by atoms with Gasteiger partial charge in [0, 0.05) is 13.5 Å². The van der Waals surface area contributed by atoms with E-state index < -0.39 is 5.60 Å². The minimum absolute atomic E-state index is 0.372. The van der Waals surface area contributed by atoms with Crippen LogP contribution >= 0.6 is 0 Å². The van der Waals surface area contributed by atoms with Crippen molar-refractivity contribution in [2.24, 2.45) is 5.41 Å². The van der Waals surface area contributed by atoms with Gasteiger partial charge in [-0.3, -0.25) is 0 Å². The summed E-state index contributed by atoms with van der Waals surface area (Å²) >= 11 is 0. The average Bonchev–Trinajstić information content (AvgIpc) is 2.70. The summed E-state index contributed by atoms with van der Waals surface area (Å²) in [6, 6.07) is 0. The monoisotopic (exact) mass is 253 g/mol. The third-order valence-electron chi connectivity index (χ3n) is 3.84. The van der Waals surface area contributed by atoms with Crippen molar-refractivity contribution in [3.05, 3.63) is 11.7 Å². The quantitative estimate of drug-likeness (QED) is 0.856. The lowest BCUT2D eigenvalue weighted by Crippen LogP contribution is -2.44. The fourth-order valence-corrected chi connectivity index (χ4v) is 2.39. The Labute approximate surface area is 108 Å². The van der Waals surface area contributed by atoms with Crippen molar-refractivity contribution in [2.75, 3.05) is 6.54 Å². The predicted molar refractivity (Wildman–Crippen MR) is 67.9 cm³/mol. The number of nitrogens with one attached hydrogen (secondary N) is 1. The van der Waals surface area contributed by atoms with Crippen LogP contribution in [0.4, 0.5) is 0 Å². The molecule has 2 N–H and O–H groups in total. The molecule has 1 aliphatic rings. The Morgan fingerprint density at radius 2 is 1.94 bits per heavy atom. The summed E-state index contributed by atoms with van der Waals surface area (Å²) in [5.74, 6) is 1.22. The summed E-state index contributed by atoms with van der Waals surface area (Å²) in [5, 5.41) is 17.5. The van der Waals surface area contributed by atoms with Gasteiger partial charge in [-0.15, -0.1) is 0 Å². The Kier molecular flexibility index (Phi) is 3.73. The number of hydrogen-bond donors (Lipinski definition) is 2. The lowest BCUT2D eigenvalue weighted by atomic mass is 9.71. The van der Waals surface area contributed by atoms with Crippen molar-refractivity contribution < 1.29 is 9.63 Å². The highest BCUT2D eigenvalue weighted by molar-refractivity contribution is 4.91. The van der Waals surface area contributed by atoms with Crippen LogP contribution in [0.2, 0.25) is 0 Å². The van der Waals surface area contributed by atoms with E-state index in [4.69, 9.17) is 4.52 Å². The molecule has 2 rings (SSSR count). The van der Waals surface area contributed by atoms with Crippen molar-refractivity contribution >= 4 is 0 Å². The molecule has 0 atom stereocenters. The predicted octanol–water partition coefficient (Wildman–Crippen LogP) is 1.80. The maximum atomic E-state index is 10.5. The standard InChI is InChI=1S/C13H23N3O2/c1-10-15-11(16-18-10)8-14-9-13(17)6-4-12(2,3)5-7-13/h14,17H,4-9H2,1-3H3. The van der Waals surface area contributed by atoms with Crippen LogP contribution in [0.5, 0.6) is 0 Å². The summed E-state index contributed by atoms with van der Waals surface area (Å²) < 4.78 is 4.90. The van der Waals surface area contributed by atoms with Gasteiger partial charge in [-0.2, -0.15) is 4.98 Å². The fourth-order valence-electron chi connectivity index (χ4n) is 2.39. The zero-order chi connectivity index (χ0) is 13.2. The molecule has 1 aromatic heterocycles. The van der Waals surface area contributed by atoms with Crippen LogP contribution < -0.4 is 5.32 Å². The van der Waals surface area contributed by atoms with E-state index in [1.54, 1.807) is 6.92 Å². The number of aromatic nitrogens is 2. The van der Waals surface area contributed by atoms with Crippen molar-refractivity contribution in [3.63, 3.8) is 0 Å². The Hall–Kier alpha value is -0.940. The lowest BCUT2D eigenvalue weighted by Gasteiger charge is -2.40. The van der Waals surface area contributed by atoms with E-state index in [9.17, 15) is 5.11 Å². The molecule has 0 aromatic carbocycles. The Balaban J connectivity index is 1.76. The Morgan fingerprint density at radius 1 is 1.28 bits per heavy atom. The average molecular weight is 253 g/mol. The van der Waals surface area contributed by atoms with Crippen LogP contribution in [-0.4, -0.2) is 27.4 Å². The first-order valence-electron chi connectivity index (χ1n) is 6.61. The zero-order valence-electron chi connectivity index (χ0n) is 11.5. The minimum Gasteiger partial charge on any atom is -0.389 e. The van der Waals surface area contributed by atoms with E-state index in [0.717, 1.165) is 25.7 Å². The van der Waals surface area contributed by atoms with Crippen molar-refractivity contribution in [1.82, 2.24) is 15.5 Å². The highest BCUT2D eigenvalue weighted by Crippen LogP contribution is 2.39. The second kappa shape index (κ2) is 4.97. The molecule has 5 heteroatoms. The van der Waals surface area contributed by atoms with E-state index in [2.05, 4.69) is 29.3 Å². The Morgan fingerprint density at radius 3 is 2.50 bits per heavy atom. The minimum atomic E-state index is -0.575. The summed E-state index contributed by atoms with van der Waals surface area (Å²) in [6.45, 7) is 7.44. The van der Waals surface area contributed by atoms with Crippen molar-refractivity contribution in [2.45, 2.75) is 58.6 Å². The number of aliphatic hydroxyl groups is 1. The van der Waals surface area contributed by atoms with E-state index in [-0.39, 0.29) is 0 Å². The fraction of sp³-hybridized carbons (Fsp3) is 0.846. The molecule has 1 aromatic rings. The van der Waals surface area contributed by atoms with Crippen molar-refractivity contribution in [1.29, 1.82) is 0 Å². The number of hydrogen-bond acceptors (Lipinski definition) is 5. The molecule has 1 fully saturated rings. The number of rotatable bonds is 4.